The Hall–Kier alpha value is -1.43. The minimum absolute atomic E-state index is 0.0418. The number of likely N-dealkylation sites (N-methyl/N-ethyl adjacent to an activating group) is 1. The highest BCUT2D eigenvalue weighted by Gasteiger charge is 2.32. The number of hydrogen-bond acceptors (Lipinski definition) is 4. The van der Waals surface area contributed by atoms with Crippen molar-refractivity contribution in [3.8, 4) is 0 Å². The van der Waals surface area contributed by atoms with Gasteiger partial charge in [0, 0.05) is 32.7 Å². The third-order valence-electron chi connectivity index (χ3n) is 6.25. The topological polar surface area (TPSA) is 47.0 Å². The quantitative estimate of drug-likeness (QED) is 0.793. The monoisotopic (exact) mass is 373 g/mol. The van der Waals surface area contributed by atoms with Crippen LogP contribution in [-0.4, -0.2) is 84.7 Å². The summed E-state index contributed by atoms with van der Waals surface area (Å²) >= 11 is 0. The molecule has 27 heavy (non-hydrogen) atoms. The van der Waals surface area contributed by atoms with Gasteiger partial charge in [-0.05, 0) is 57.3 Å². The van der Waals surface area contributed by atoms with E-state index in [1.807, 2.05) is 7.05 Å². The Morgan fingerprint density at radius 3 is 2.59 bits per heavy atom. The molecule has 0 radical (unpaired) electrons. The van der Waals surface area contributed by atoms with Gasteiger partial charge in [-0.3, -0.25) is 9.69 Å². The molecule has 1 aromatic rings. The molecule has 0 aliphatic carbocycles. The van der Waals surface area contributed by atoms with Gasteiger partial charge in [0.05, 0.1) is 12.5 Å². The van der Waals surface area contributed by atoms with Crippen molar-refractivity contribution < 1.29 is 9.90 Å². The number of hydrogen-bond donors (Lipinski definition) is 1. The molecular weight excluding hydrogens is 338 g/mol. The molecule has 150 valence electrons. The van der Waals surface area contributed by atoms with Gasteiger partial charge in [0.25, 0.3) is 0 Å². The minimum Gasteiger partial charge on any atom is -0.395 e. The summed E-state index contributed by atoms with van der Waals surface area (Å²) in [7, 11) is 1.81. The van der Waals surface area contributed by atoms with Gasteiger partial charge in [0.2, 0.25) is 5.91 Å². The number of carbonyl (C=O) groups is 1. The fraction of sp³-hybridized carbons (Fsp3) is 0.682. The van der Waals surface area contributed by atoms with Crippen molar-refractivity contribution in [3.63, 3.8) is 0 Å². The fourth-order valence-electron chi connectivity index (χ4n) is 4.55. The van der Waals surface area contributed by atoms with Gasteiger partial charge in [-0.15, -0.1) is 0 Å². The van der Waals surface area contributed by atoms with Crippen LogP contribution < -0.4 is 0 Å². The maximum absolute atomic E-state index is 12.6. The molecule has 0 aromatic heterocycles. The summed E-state index contributed by atoms with van der Waals surface area (Å²) in [4.78, 5) is 19.4. The number of aliphatic hydroxyl groups excluding tert-OH is 1. The summed E-state index contributed by atoms with van der Waals surface area (Å²) in [6.07, 6.45) is 5.64. The SMILES string of the molecule is CN(CCO)C(=O)[C@@H]1CCCN(C2CCN(CCc3ccccc3)CC2)C1. The maximum atomic E-state index is 12.6. The highest BCUT2D eigenvalue weighted by atomic mass is 16.3. The van der Waals surface area contributed by atoms with Crippen LogP contribution in [0.25, 0.3) is 0 Å². The molecule has 1 amide bonds. The number of rotatable bonds is 7. The molecule has 1 aromatic carbocycles. The van der Waals surface area contributed by atoms with Crippen molar-refractivity contribution >= 4 is 5.91 Å². The van der Waals surface area contributed by atoms with Crippen LogP contribution in [0.2, 0.25) is 0 Å². The maximum Gasteiger partial charge on any atom is 0.226 e. The average Bonchev–Trinajstić information content (AvgIpc) is 2.73. The molecule has 0 saturated carbocycles. The minimum atomic E-state index is 0.0418. The summed E-state index contributed by atoms with van der Waals surface area (Å²) in [6, 6.07) is 11.4. The van der Waals surface area contributed by atoms with Crippen LogP contribution >= 0.6 is 0 Å². The second-order valence-corrected chi connectivity index (χ2v) is 8.13. The Morgan fingerprint density at radius 2 is 1.89 bits per heavy atom. The number of piperidine rings is 2. The lowest BCUT2D eigenvalue weighted by molar-refractivity contribution is -0.137. The van der Waals surface area contributed by atoms with Crippen LogP contribution in [0.4, 0.5) is 0 Å². The standard InChI is InChI=1S/C22H35N3O2/c1-23(16-17-26)22(27)20-8-5-12-25(18-20)21-10-14-24(15-11-21)13-9-19-6-3-2-4-7-19/h2-4,6-7,20-21,26H,5,8-18H2,1H3/t20-/m1/s1. The molecule has 0 unspecified atom stereocenters. The second kappa shape index (κ2) is 10.2. The van der Waals surface area contributed by atoms with E-state index >= 15 is 0 Å². The zero-order valence-corrected chi connectivity index (χ0v) is 16.7. The molecule has 2 heterocycles. The zero-order valence-electron chi connectivity index (χ0n) is 16.7. The van der Waals surface area contributed by atoms with Crippen LogP contribution in [0.1, 0.15) is 31.2 Å². The van der Waals surface area contributed by atoms with E-state index in [9.17, 15) is 4.79 Å². The van der Waals surface area contributed by atoms with Crippen molar-refractivity contribution in [1.29, 1.82) is 0 Å². The lowest BCUT2D eigenvalue weighted by atomic mass is 9.93. The van der Waals surface area contributed by atoms with E-state index < -0.39 is 0 Å². The molecule has 3 rings (SSSR count). The Morgan fingerprint density at radius 1 is 1.15 bits per heavy atom. The fourth-order valence-corrected chi connectivity index (χ4v) is 4.55. The number of amides is 1. The molecule has 5 nitrogen and oxygen atoms in total. The molecule has 0 bridgehead atoms. The number of aliphatic hydroxyl groups is 1. The van der Waals surface area contributed by atoms with Crippen molar-refractivity contribution in [2.75, 3.05) is 52.9 Å². The van der Waals surface area contributed by atoms with Crippen LogP contribution in [0.15, 0.2) is 30.3 Å². The first-order valence-corrected chi connectivity index (χ1v) is 10.5. The van der Waals surface area contributed by atoms with Crippen molar-refractivity contribution in [2.45, 2.75) is 38.1 Å². The van der Waals surface area contributed by atoms with E-state index in [0.717, 1.165) is 52.0 Å². The van der Waals surface area contributed by atoms with Crippen molar-refractivity contribution in [1.82, 2.24) is 14.7 Å². The van der Waals surface area contributed by atoms with Crippen molar-refractivity contribution in [2.24, 2.45) is 5.92 Å². The van der Waals surface area contributed by atoms with E-state index in [0.29, 0.717) is 12.6 Å². The average molecular weight is 374 g/mol. The highest BCUT2D eigenvalue weighted by molar-refractivity contribution is 5.78. The normalized spacial score (nSPS) is 22.7. The lowest BCUT2D eigenvalue weighted by Gasteiger charge is -2.42. The number of carbonyl (C=O) groups excluding carboxylic acids is 1. The molecule has 2 fully saturated rings. The summed E-state index contributed by atoms with van der Waals surface area (Å²) in [6.45, 7) is 5.97. The first-order valence-electron chi connectivity index (χ1n) is 10.5. The van der Waals surface area contributed by atoms with Gasteiger partial charge in [0.1, 0.15) is 0 Å². The van der Waals surface area contributed by atoms with Crippen LogP contribution in [-0.2, 0) is 11.2 Å². The third kappa shape index (κ3) is 5.77. The van der Waals surface area contributed by atoms with E-state index in [1.54, 1.807) is 4.90 Å². The first-order chi connectivity index (χ1) is 13.2. The largest absolute Gasteiger partial charge is 0.395 e. The summed E-state index contributed by atoms with van der Waals surface area (Å²) in [5.41, 5.74) is 1.42. The van der Waals surface area contributed by atoms with Gasteiger partial charge >= 0.3 is 0 Å². The first kappa shape index (κ1) is 20.3. The highest BCUT2D eigenvalue weighted by Crippen LogP contribution is 2.25. The van der Waals surface area contributed by atoms with Gasteiger partial charge in [-0.1, -0.05) is 30.3 Å². The summed E-state index contributed by atoms with van der Waals surface area (Å²) in [5, 5.41) is 9.07. The van der Waals surface area contributed by atoms with Gasteiger partial charge < -0.3 is 14.9 Å². The predicted octanol–water partition coefficient (Wildman–Crippen LogP) is 1.86. The third-order valence-corrected chi connectivity index (χ3v) is 6.25. The van der Waals surface area contributed by atoms with Crippen LogP contribution in [0.5, 0.6) is 0 Å². The second-order valence-electron chi connectivity index (χ2n) is 8.13. The lowest BCUT2D eigenvalue weighted by Crippen LogP contribution is -2.51. The van der Waals surface area contributed by atoms with Gasteiger partial charge in [0.15, 0.2) is 0 Å². The van der Waals surface area contributed by atoms with Crippen molar-refractivity contribution in [3.05, 3.63) is 35.9 Å². The van der Waals surface area contributed by atoms with E-state index in [-0.39, 0.29) is 18.4 Å². The van der Waals surface area contributed by atoms with Crippen LogP contribution in [0, 0.1) is 5.92 Å². The molecule has 2 aliphatic rings. The molecule has 0 spiro atoms. The molecule has 1 N–H and O–H groups in total. The van der Waals surface area contributed by atoms with E-state index in [2.05, 4.69) is 40.1 Å². The Labute approximate surface area is 163 Å². The van der Waals surface area contributed by atoms with E-state index in [4.69, 9.17) is 5.11 Å². The van der Waals surface area contributed by atoms with Crippen LogP contribution in [0.3, 0.4) is 0 Å². The smallest absolute Gasteiger partial charge is 0.226 e. The van der Waals surface area contributed by atoms with Gasteiger partial charge in [-0.25, -0.2) is 0 Å². The molecule has 2 aliphatic heterocycles. The molecule has 2 saturated heterocycles. The van der Waals surface area contributed by atoms with E-state index in [1.165, 1.54) is 18.4 Å². The molecular formula is C22H35N3O2. The Balaban J connectivity index is 1.42. The summed E-state index contributed by atoms with van der Waals surface area (Å²) < 4.78 is 0. The number of nitrogens with zero attached hydrogens (tertiary/aromatic N) is 3. The predicted molar refractivity (Wildman–Crippen MR) is 109 cm³/mol. The number of benzene rings is 1. The Bertz CT molecular complexity index is 572. The molecule has 5 heteroatoms. The number of likely N-dealkylation sites (tertiary alicyclic amines) is 2. The van der Waals surface area contributed by atoms with Gasteiger partial charge in [-0.2, -0.15) is 0 Å². The Kier molecular flexibility index (Phi) is 7.68. The molecule has 1 atom stereocenters. The summed E-state index contributed by atoms with van der Waals surface area (Å²) in [5.74, 6) is 0.306. The zero-order chi connectivity index (χ0) is 19.1.